The number of aryl methyl sites for hydroxylation is 1. The highest BCUT2D eigenvalue weighted by molar-refractivity contribution is 5.86. The fraction of sp³-hybridized carbons (Fsp3) is 0.320. The second kappa shape index (κ2) is 11.2. The van der Waals surface area contributed by atoms with Gasteiger partial charge >= 0.3 is 12.4 Å². The number of nitrogens with zero attached hydrogens (tertiary/aromatic N) is 4. The number of benzene rings is 1. The van der Waals surface area contributed by atoms with Crippen LogP contribution in [-0.4, -0.2) is 30.8 Å². The van der Waals surface area contributed by atoms with Gasteiger partial charge in [-0.15, -0.1) is 0 Å². The van der Waals surface area contributed by atoms with Gasteiger partial charge in [0.1, 0.15) is 5.56 Å². The molecular weight excluding hydrogens is 568 g/mol. The number of fused-ring (bicyclic) bond motifs is 1. The molecule has 0 saturated heterocycles. The molecular formula is C25H20F8N6O2. The predicted octanol–water partition coefficient (Wildman–Crippen LogP) is 5.53. The van der Waals surface area contributed by atoms with Gasteiger partial charge < -0.3 is 9.88 Å². The van der Waals surface area contributed by atoms with E-state index in [0.29, 0.717) is 18.8 Å². The van der Waals surface area contributed by atoms with Crippen LogP contribution in [0.5, 0.6) is 0 Å². The Morgan fingerprint density at radius 2 is 1.68 bits per heavy atom. The van der Waals surface area contributed by atoms with E-state index >= 15 is 4.39 Å². The standard InChI is InChI=1S/C25H20F8N6O2/c1-2-14(37-16-11-36-38-22(40)18(16)25(31,32)33)4-3-6-39-7-5-12-8-15(19(26)20(27)17(12)23(39)41)21-34-9-13(10-35-21)24(28,29)30/h5,7-11,14H,2-4,6H2,1H3,(H2,37,38,40)/t14-/m0/s1. The van der Waals surface area contributed by atoms with E-state index in [9.17, 15) is 40.3 Å². The Labute approximate surface area is 225 Å². The fourth-order valence-corrected chi connectivity index (χ4v) is 4.22. The zero-order chi connectivity index (χ0) is 30.1. The van der Waals surface area contributed by atoms with Gasteiger partial charge in [0.05, 0.1) is 28.4 Å². The first kappa shape index (κ1) is 29.6. The van der Waals surface area contributed by atoms with Crippen LogP contribution in [0.4, 0.5) is 40.8 Å². The van der Waals surface area contributed by atoms with Gasteiger partial charge in [-0.05, 0) is 36.8 Å². The molecule has 0 amide bonds. The third-order valence-electron chi connectivity index (χ3n) is 6.31. The van der Waals surface area contributed by atoms with E-state index in [1.807, 2.05) is 0 Å². The fourth-order valence-electron chi connectivity index (χ4n) is 4.22. The summed E-state index contributed by atoms with van der Waals surface area (Å²) in [5, 5.41) is 7.15. The smallest absolute Gasteiger partial charge is 0.380 e. The highest BCUT2D eigenvalue weighted by atomic mass is 19.4. The Kier molecular flexibility index (Phi) is 8.12. The number of hydrogen-bond donors (Lipinski definition) is 2. The SMILES string of the molecule is CC[C@@H](CCCn1ccc2cc(-c3ncc(C(F)(F)F)cn3)c(F)c(F)c2c1=O)Nc1cn[nH]c(=O)c1C(F)(F)F. The molecule has 3 heterocycles. The molecule has 1 atom stereocenters. The first-order chi connectivity index (χ1) is 19.2. The van der Waals surface area contributed by atoms with Crippen LogP contribution >= 0.6 is 0 Å². The van der Waals surface area contributed by atoms with E-state index in [-0.39, 0.29) is 24.8 Å². The molecule has 3 aromatic heterocycles. The molecule has 0 aliphatic carbocycles. The highest BCUT2D eigenvalue weighted by Crippen LogP contribution is 2.33. The maximum Gasteiger partial charge on any atom is 0.423 e. The number of hydrogen-bond acceptors (Lipinski definition) is 6. The van der Waals surface area contributed by atoms with E-state index in [0.717, 1.165) is 16.8 Å². The molecule has 0 aliphatic heterocycles. The lowest BCUT2D eigenvalue weighted by atomic mass is 10.1. The summed E-state index contributed by atoms with van der Waals surface area (Å²) in [6.45, 7) is 1.70. The summed E-state index contributed by atoms with van der Waals surface area (Å²) in [6, 6.07) is 1.81. The number of rotatable bonds is 8. The lowest BCUT2D eigenvalue weighted by Gasteiger charge is -2.20. The maximum absolute atomic E-state index is 15.0. The molecule has 0 radical (unpaired) electrons. The van der Waals surface area contributed by atoms with Crippen LogP contribution in [0.15, 0.2) is 46.5 Å². The van der Waals surface area contributed by atoms with Crippen LogP contribution in [-0.2, 0) is 18.9 Å². The second-order valence-electron chi connectivity index (χ2n) is 9.00. The van der Waals surface area contributed by atoms with Crippen LogP contribution < -0.4 is 16.4 Å². The van der Waals surface area contributed by atoms with Crippen molar-refractivity contribution in [2.45, 2.75) is 51.1 Å². The molecule has 4 rings (SSSR count). The summed E-state index contributed by atoms with van der Waals surface area (Å²) >= 11 is 0. The predicted molar refractivity (Wildman–Crippen MR) is 131 cm³/mol. The number of alkyl halides is 6. The van der Waals surface area contributed by atoms with Crippen molar-refractivity contribution >= 4 is 16.5 Å². The zero-order valence-electron chi connectivity index (χ0n) is 21.0. The number of aromatic nitrogens is 5. The molecule has 0 unspecified atom stereocenters. The topological polar surface area (TPSA) is 106 Å². The van der Waals surface area contributed by atoms with E-state index in [1.165, 1.54) is 12.3 Å². The van der Waals surface area contributed by atoms with E-state index < -0.39 is 74.7 Å². The van der Waals surface area contributed by atoms with E-state index in [1.54, 1.807) is 12.0 Å². The van der Waals surface area contributed by atoms with Crippen LogP contribution in [0.2, 0.25) is 0 Å². The van der Waals surface area contributed by atoms with Crippen molar-refractivity contribution in [3.63, 3.8) is 0 Å². The van der Waals surface area contributed by atoms with Crippen molar-refractivity contribution in [3.05, 3.63) is 80.4 Å². The van der Waals surface area contributed by atoms with Crippen LogP contribution in [0.25, 0.3) is 22.2 Å². The lowest BCUT2D eigenvalue weighted by Crippen LogP contribution is -2.28. The largest absolute Gasteiger partial charge is 0.423 e. The van der Waals surface area contributed by atoms with Crippen molar-refractivity contribution in [2.75, 3.05) is 5.32 Å². The van der Waals surface area contributed by atoms with Gasteiger partial charge in [-0.1, -0.05) is 6.92 Å². The third kappa shape index (κ3) is 6.20. The highest BCUT2D eigenvalue weighted by Gasteiger charge is 2.37. The lowest BCUT2D eigenvalue weighted by molar-refractivity contribution is -0.139. The Hall–Kier alpha value is -4.37. The number of H-pyrrole nitrogens is 1. The summed E-state index contributed by atoms with van der Waals surface area (Å²) in [5.74, 6) is -3.56. The van der Waals surface area contributed by atoms with Crippen LogP contribution in [0.1, 0.15) is 37.3 Å². The van der Waals surface area contributed by atoms with E-state index in [2.05, 4.69) is 20.4 Å². The normalized spacial score (nSPS) is 13.0. The van der Waals surface area contributed by atoms with Gasteiger partial charge in [0, 0.05) is 31.2 Å². The van der Waals surface area contributed by atoms with Crippen molar-refractivity contribution in [3.8, 4) is 11.4 Å². The van der Waals surface area contributed by atoms with Gasteiger partial charge in [-0.25, -0.2) is 23.8 Å². The summed E-state index contributed by atoms with van der Waals surface area (Å²) in [5.41, 5.74) is -5.93. The monoisotopic (exact) mass is 588 g/mol. The molecule has 41 heavy (non-hydrogen) atoms. The molecule has 0 saturated carbocycles. The molecule has 0 bridgehead atoms. The molecule has 8 nitrogen and oxygen atoms in total. The number of halogens is 8. The maximum atomic E-state index is 15.0. The van der Waals surface area contributed by atoms with Crippen molar-refractivity contribution in [1.82, 2.24) is 24.7 Å². The molecule has 218 valence electrons. The Balaban J connectivity index is 1.54. The number of nitrogens with one attached hydrogen (secondary N) is 2. The average Bonchev–Trinajstić information content (AvgIpc) is 2.90. The van der Waals surface area contributed by atoms with E-state index in [4.69, 9.17) is 0 Å². The Morgan fingerprint density at radius 1 is 1.00 bits per heavy atom. The Bertz CT molecular complexity index is 1680. The Morgan fingerprint density at radius 3 is 2.29 bits per heavy atom. The van der Waals surface area contributed by atoms with Crippen molar-refractivity contribution in [1.29, 1.82) is 0 Å². The molecule has 16 heteroatoms. The summed E-state index contributed by atoms with van der Waals surface area (Å²) < 4.78 is 109. The first-order valence-electron chi connectivity index (χ1n) is 12.0. The minimum atomic E-state index is -4.92. The zero-order valence-corrected chi connectivity index (χ0v) is 21.0. The molecule has 0 aliphatic rings. The van der Waals surface area contributed by atoms with Gasteiger partial charge in [0.15, 0.2) is 17.5 Å². The van der Waals surface area contributed by atoms with Gasteiger partial charge in [-0.3, -0.25) is 9.59 Å². The van der Waals surface area contributed by atoms with Crippen LogP contribution in [0, 0.1) is 11.6 Å². The van der Waals surface area contributed by atoms with Crippen molar-refractivity contribution < 1.29 is 35.1 Å². The minimum Gasteiger partial charge on any atom is -0.380 e. The minimum absolute atomic E-state index is 0.00245. The summed E-state index contributed by atoms with van der Waals surface area (Å²) in [7, 11) is 0. The molecule has 4 aromatic rings. The molecule has 0 fully saturated rings. The molecule has 0 spiro atoms. The van der Waals surface area contributed by atoms with Gasteiger partial charge in [0.2, 0.25) is 0 Å². The first-order valence-corrected chi connectivity index (χ1v) is 12.0. The number of anilines is 1. The quantitative estimate of drug-likeness (QED) is 0.263. The second-order valence-corrected chi connectivity index (χ2v) is 9.00. The van der Waals surface area contributed by atoms with Crippen LogP contribution in [0.3, 0.4) is 0 Å². The molecule has 1 aromatic carbocycles. The number of pyridine rings is 1. The third-order valence-corrected chi connectivity index (χ3v) is 6.31. The molecule has 2 N–H and O–H groups in total. The summed E-state index contributed by atoms with van der Waals surface area (Å²) in [4.78, 5) is 31.6. The van der Waals surface area contributed by atoms with Crippen molar-refractivity contribution in [2.24, 2.45) is 0 Å². The summed E-state index contributed by atoms with van der Waals surface area (Å²) in [6.07, 6.45) is -5.82. The van der Waals surface area contributed by atoms with Gasteiger partial charge in [0.25, 0.3) is 11.1 Å². The van der Waals surface area contributed by atoms with Gasteiger partial charge in [-0.2, -0.15) is 31.4 Å². The average molecular weight is 588 g/mol. The number of aromatic amines is 1.